The lowest BCUT2D eigenvalue weighted by Gasteiger charge is -2.28. The normalized spacial score (nSPS) is 24.2. The molecular formula is C20H18F3N3O3S. The van der Waals surface area contributed by atoms with Crippen molar-refractivity contribution >= 4 is 22.9 Å². The van der Waals surface area contributed by atoms with Gasteiger partial charge in [0.15, 0.2) is 17.5 Å². The number of nitrogens with one attached hydrogen (secondary N) is 3. The first kappa shape index (κ1) is 20.5. The number of hydrogen-bond donors (Lipinski definition) is 3. The minimum absolute atomic E-state index is 0.102. The van der Waals surface area contributed by atoms with E-state index in [4.69, 9.17) is 0 Å². The van der Waals surface area contributed by atoms with E-state index < -0.39 is 40.0 Å². The van der Waals surface area contributed by atoms with E-state index in [2.05, 4.69) is 15.4 Å². The summed E-state index contributed by atoms with van der Waals surface area (Å²) in [6, 6.07) is 7.38. The Balaban J connectivity index is 1.44. The summed E-state index contributed by atoms with van der Waals surface area (Å²) in [7, 11) is -1.62. The van der Waals surface area contributed by atoms with Gasteiger partial charge in [-0.25, -0.2) is 26.9 Å². The van der Waals surface area contributed by atoms with Gasteiger partial charge in [0.1, 0.15) is 16.5 Å². The molecule has 0 aromatic heterocycles. The number of imide groups is 1. The fraction of sp³-hybridized carbons (Fsp3) is 0.300. The maximum Gasteiger partial charge on any atom is 0.322 e. The largest absolute Gasteiger partial charge is 0.323 e. The van der Waals surface area contributed by atoms with Crippen molar-refractivity contribution in [2.75, 3.05) is 6.54 Å². The highest BCUT2D eigenvalue weighted by molar-refractivity contribution is 7.83. The Hall–Kier alpha value is -2.72. The summed E-state index contributed by atoms with van der Waals surface area (Å²) in [5.74, 6) is -4.67. The second-order valence-electron chi connectivity index (χ2n) is 7.33. The Bertz CT molecular complexity index is 1050. The Morgan fingerprint density at radius 3 is 2.47 bits per heavy atom. The number of halogens is 3. The molecule has 2 fully saturated rings. The van der Waals surface area contributed by atoms with Crippen LogP contribution in [0, 0.1) is 23.4 Å². The first-order valence-electron chi connectivity index (χ1n) is 9.34. The van der Waals surface area contributed by atoms with Crippen molar-refractivity contribution in [3.05, 3.63) is 53.8 Å². The maximum absolute atomic E-state index is 14.0. The second kappa shape index (κ2) is 7.84. The van der Waals surface area contributed by atoms with Gasteiger partial charge in [-0.1, -0.05) is 18.6 Å². The van der Waals surface area contributed by atoms with Crippen molar-refractivity contribution in [3.8, 4) is 11.1 Å². The Kier molecular flexibility index (Phi) is 5.37. The molecule has 2 aliphatic rings. The number of amides is 3. The number of urea groups is 1. The molecule has 1 aliphatic carbocycles. The quantitative estimate of drug-likeness (QED) is 0.497. The van der Waals surface area contributed by atoms with Crippen LogP contribution in [0.4, 0.5) is 18.0 Å². The molecule has 3 amide bonds. The summed E-state index contributed by atoms with van der Waals surface area (Å²) >= 11 is 0. The number of hydrogen-bond acceptors (Lipinski definition) is 3. The Labute approximate surface area is 172 Å². The average molecular weight is 437 g/mol. The van der Waals surface area contributed by atoms with Gasteiger partial charge in [0.05, 0.1) is 4.90 Å². The highest BCUT2D eigenvalue weighted by Gasteiger charge is 2.54. The van der Waals surface area contributed by atoms with Crippen molar-refractivity contribution in [3.63, 3.8) is 0 Å². The summed E-state index contributed by atoms with van der Waals surface area (Å²) in [5.41, 5.74) is -0.759. The summed E-state index contributed by atoms with van der Waals surface area (Å²) in [4.78, 5) is 24.1. The number of benzene rings is 2. The zero-order valence-electron chi connectivity index (χ0n) is 15.6. The van der Waals surface area contributed by atoms with Crippen molar-refractivity contribution < 1.29 is 27.0 Å². The summed E-state index contributed by atoms with van der Waals surface area (Å²) in [5, 5.41) is 4.96. The highest BCUT2D eigenvalue weighted by atomic mass is 32.2. The van der Waals surface area contributed by atoms with Crippen LogP contribution in [0.5, 0.6) is 0 Å². The minimum Gasteiger partial charge on any atom is -0.323 e. The molecule has 6 nitrogen and oxygen atoms in total. The van der Waals surface area contributed by atoms with Gasteiger partial charge in [0, 0.05) is 18.0 Å². The minimum atomic E-state index is -1.62. The molecule has 158 valence electrons. The molecule has 2 aromatic rings. The lowest BCUT2D eigenvalue weighted by molar-refractivity contribution is -0.125. The van der Waals surface area contributed by atoms with Crippen molar-refractivity contribution in [2.45, 2.75) is 29.7 Å². The zero-order chi connectivity index (χ0) is 21.5. The summed E-state index contributed by atoms with van der Waals surface area (Å²) < 4.78 is 56.0. The van der Waals surface area contributed by atoms with Crippen LogP contribution in [-0.4, -0.2) is 28.2 Å². The summed E-state index contributed by atoms with van der Waals surface area (Å²) in [6.45, 7) is 0.250. The van der Waals surface area contributed by atoms with Gasteiger partial charge in [-0.15, -0.1) is 0 Å². The van der Waals surface area contributed by atoms with Gasteiger partial charge in [0.25, 0.3) is 5.91 Å². The molecule has 0 radical (unpaired) electrons. The van der Waals surface area contributed by atoms with Crippen LogP contribution < -0.4 is 15.4 Å². The second-order valence-corrected chi connectivity index (χ2v) is 8.63. The molecule has 3 N–H and O–H groups in total. The van der Waals surface area contributed by atoms with Gasteiger partial charge in [0.2, 0.25) is 0 Å². The maximum atomic E-state index is 14.0. The molecule has 2 aromatic carbocycles. The van der Waals surface area contributed by atoms with E-state index in [1.165, 1.54) is 24.3 Å². The van der Waals surface area contributed by atoms with E-state index in [-0.39, 0.29) is 23.9 Å². The van der Waals surface area contributed by atoms with Crippen LogP contribution in [0.15, 0.2) is 41.3 Å². The third-order valence-corrected chi connectivity index (χ3v) is 6.79. The van der Waals surface area contributed by atoms with Gasteiger partial charge in [-0.2, -0.15) is 0 Å². The predicted octanol–water partition coefficient (Wildman–Crippen LogP) is 2.76. The van der Waals surface area contributed by atoms with Crippen LogP contribution >= 0.6 is 0 Å². The van der Waals surface area contributed by atoms with E-state index in [9.17, 15) is 27.0 Å². The molecule has 1 saturated carbocycles. The molecule has 30 heavy (non-hydrogen) atoms. The van der Waals surface area contributed by atoms with Crippen LogP contribution in [0.2, 0.25) is 0 Å². The third-order valence-electron chi connectivity index (χ3n) is 5.66. The molecule has 10 heteroatoms. The molecular weight excluding hydrogens is 419 g/mol. The first-order chi connectivity index (χ1) is 14.3. The van der Waals surface area contributed by atoms with E-state index in [0.717, 1.165) is 18.6 Å². The smallest absolute Gasteiger partial charge is 0.322 e. The van der Waals surface area contributed by atoms with Crippen LogP contribution in [0.1, 0.15) is 19.3 Å². The van der Waals surface area contributed by atoms with Gasteiger partial charge in [-0.05, 0) is 42.7 Å². The lowest BCUT2D eigenvalue weighted by Crippen LogP contribution is -2.52. The fourth-order valence-corrected chi connectivity index (χ4v) is 4.99. The van der Waals surface area contributed by atoms with E-state index in [1.54, 1.807) is 0 Å². The lowest BCUT2D eigenvalue weighted by atomic mass is 9.87. The van der Waals surface area contributed by atoms with Crippen molar-refractivity contribution in [1.82, 2.24) is 15.4 Å². The number of rotatable bonds is 5. The van der Waals surface area contributed by atoms with E-state index in [0.29, 0.717) is 23.3 Å². The standard InChI is InChI=1S/C20H18F3N3O3S/c21-15-8-7-14(16(22)17(15)23)11-3-5-13(6-4-11)30(29)24-10-12-2-1-9-20(12)18(27)25-19(28)26-20/h3-8,12,24H,1-2,9-10H2,(H2,25,26,27,28). The molecule has 1 heterocycles. The van der Waals surface area contributed by atoms with Crippen LogP contribution in [0.25, 0.3) is 11.1 Å². The van der Waals surface area contributed by atoms with Crippen molar-refractivity contribution in [2.24, 2.45) is 5.92 Å². The van der Waals surface area contributed by atoms with Gasteiger partial charge in [-0.3, -0.25) is 10.1 Å². The molecule has 1 aliphatic heterocycles. The van der Waals surface area contributed by atoms with E-state index in [1.807, 2.05) is 0 Å². The molecule has 1 saturated heterocycles. The Morgan fingerprint density at radius 2 is 1.80 bits per heavy atom. The SMILES string of the molecule is O=C1NC(=O)C2(CCCC2CNS(=O)c2ccc(-c3ccc(F)c(F)c3F)cc2)N1. The Morgan fingerprint density at radius 1 is 1.07 bits per heavy atom. The highest BCUT2D eigenvalue weighted by Crippen LogP contribution is 2.37. The summed E-state index contributed by atoms with van der Waals surface area (Å²) in [6.07, 6.45) is 1.99. The van der Waals surface area contributed by atoms with E-state index >= 15 is 0 Å². The fourth-order valence-electron chi connectivity index (χ4n) is 4.09. The molecule has 1 spiro atoms. The van der Waals surface area contributed by atoms with Crippen LogP contribution in [0.3, 0.4) is 0 Å². The first-order valence-corrected chi connectivity index (χ1v) is 10.5. The topological polar surface area (TPSA) is 87.3 Å². The van der Waals surface area contributed by atoms with Gasteiger partial charge >= 0.3 is 6.03 Å². The van der Waals surface area contributed by atoms with Crippen LogP contribution in [-0.2, 0) is 15.8 Å². The van der Waals surface area contributed by atoms with Gasteiger partial charge < -0.3 is 5.32 Å². The third kappa shape index (κ3) is 3.50. The molecule has 3 atom stereocenters. The molecule has 4 rings (SSSR count). The molecule has 0 bridgehead atoms. The predicted molar refractivity (Wildman–Crippen MR) is 103 cm³/mol. The van der Waals surface area contributed by atoms with Crippen molar-refractivity contribution in [1.29, 1.82) is 0 Å². The average Bonchev–Trinajstić information content (AvgIpc) is 3.26. The number of carbonyl (C=O) groups is 2. The molecule has 3 unspecified atom stereocenters. The number of carbonyl (C=O) groups excluding carboxylic acids is 2. The zero-order valence-corrected chi connectivity index (χ0v) is 16.5. The monoisotopic (exact) mass is 437 g/mol.